The third-order valence-corrected chi connectivity index (χ3v) is 3.46. The molecule has 0 spiro atoms. The van der Waals surface area contributed by atoms with Crippen LogP contribution in [-0.4, -0.2) is 16.1 Å². The lowest BCUT2D eigenvalue weighted by Crippen LogP contribution is -2.21. The van der Waals surface area contributed by atoms with E-state index in [1.807, 2.05) is 0 Å². The molecule has 154 valence electrons. The van der Waals surface area contributed by atoms with Crippen molar-refractivity contribution in [3.8, 4) is 22.9 Å². The number of rotatable bonds is 3. The van der Waals surface area contributed by atoms with E-state index in [4.69, 9.17) is 0 Å². The van der Waals surface area contributed by atoms with Crippen molar-refractivity contribution in [2.75, 3.05) is 0 Å². The van der Waals surface area contributed by atoms with Gasteiger partial charge in [0.25, 0.3) is 5.89 Å². The van der Waals surface area contributed by atoms with Crippen molar-refractivity contribution in [2.24, 2.45) is 0 Å². The second kappa shape index (κ2) is 6.90. The summed E-state index contributed by atoms with van der Waals surface area (Å²) in [6.45, 7) is 0. The number of halogens is 8. The van der Waals surface area contributed by atoms with Crippen LogP contribution in [0.1, 0.15) is 5.56 Å². The van der Waals surface area contributed by atoms with Crippen LogP contribution >= 0.6 is 0 Å². The molecular weight excluding hydrogens is 420 g/mol. The maximum absolute atomic E-state index is 13.8. The highest BCUT2D eigenvalue weighted by Gasteiger charge is 2.40. The minimum atomic E-state index is -5.40. The topological polar surface area (TPSA) is 57.3 Å². The highest BCUT2D eigenvalue weighted by Crippen LogP contribution is 2.39. The number of hydrogen-bond acceptors (Lipinski definition) is 4. The molecule has 0 aliphatic rings. The fourth-order valence-electron chi connectivity index (χ4n) is 2.33. The van der Waals surface area contributed by atoms with Gasteiger partial charge in [0, 0.05) is 0 Å². The zero-order chi connectivity index (χ0) is 21.6. The van der Waals surface area contributed by atoms with Crippen LogP contribution in [-0.2, 0) is 6.18 Å². The van der Waals surface area contributed by atoms with Gasteiger partial charge in [-0.15, -0.1) is 18.3 Å². The molecule has 1 aromatic heterocycles. The summed E-state index contributed by atoms with van der Waals surface area (Å²) in [6.07, 6.45) is -10.7. The molecule has 0 aliphatic carbocycles. The summed E-state index contributed by atoms with van der Waals surface area (Å²) in [6, 6.07) is 3.77. The van der Waals surface area contributed by atoms with Gasteiger partial charge in [-0.05, 0) is 30.3 Å². The van der Waals surface area contributed by atoms with Crippen molar-refractivity contribution < 1.29 is 44.3 Å². The molecule has 1 heterocycles. The maximum atomic E-state index is 13.8. The molecule has 0 amide bonds. The van der Waals surface area contributed by atoms with Crippen LogP contribution in [0.25, 0.3) is 17.1 Å². The van der Waals surface area contributed by atoms with Crippen LogP contribution in [0.15, 0.2) is 45.6 Å². The van der Waals surface area contributed by atoms with Crippen LogP contribution in [0.3, 0.4) is 0 Å². The van der Waals surface area contributed by atoms with Crippen LogP contribution in [0.5, 0.6) is 5.75 Å². The number of aromatic nitrogens is 2. The van der Waals surface area contributed by atoms with Crippen LogP contribution in [0, 0.1) is 11.6 Å². The van der Waals surface area contributed by atoms with E-state index in [0.29, 0.717) is 12.1 Å². The molecule has 0 saturated heterocycles. The number of nitrogens with zero attached hydrogens (tertiary/aromatic N) is 2. The molecule has 0 atom stereocenters. The van der Waals surface area contributed by atoms with Crippen molar-refractivity contribution in [1.82, 2.24) is 9.78 Å². The summed E-state index contributed by atoms with van der Waals surface area (Å²) in [5, 5.41) is 3.43. The minimum absolute atomic E-state index is 0.145. The van der Waals surface area contributed by atoms with Crippen LogP contribution in [0.2, 0.25) is 0 Å². The third kappa shape index (κ3) is 4.22. The number of alkyl halides is 6. The summed E-state index contributed by atoms with van der Waals surface area (Å²) >= 11 is 0. The first-order valence-corrected chi connectivity index (χ1v) is 7.39. The summed E-state index contributed by atoms with van der Waals surface area (Å²) in [7, 11) is 0. The second-order valence-corrected chi connectivity index (χ2v) is 5.41. The van der Waals surface area contributed by atoms with E-state index in [-0.39, 0.29) is 10.7 Å². The van der Waals surface area contributed by atoms with E-state index in [1.54, 1.807) is 0 Å². The Morgan fingerprint density at radius 3 is 2.14 bits per heavy atom. The monoisotopic (exact) mass is 426 g/mol. The van der Waals surface area contributed by atoms with E-state index in [2.05, 4.69) is 14.3 Å². The van der Waals surface area contributed by atoms with Gasteiger partial charge >= 0.3 is 18.3 Å². The molecule has 0 aliphatic heterocycles. The largest absolute Gasteiger partial charge is 0.573 e. The predicted octanol–water partition coefficient (Wildman–Crippen LogP) is 4.69. The van der Waals surface area contributed by atoms with Crippen molar-refractivity contribution in [1.29, 1.82) is 0 Å². The fourth-order valence-corrected chi connectivity index (χ4v) is 2.33. The Kier molecular flexibility index (Phi) is 4.84. The first kappa shape index (κ1) is 20.4. The van der Waals surface area contributed by atoms with Gasteiger partial charge in [0.1, 0.15) is 22.9 Å². The van der Waals surface area contributed by atoms with Crippen molar-refractivity contribution >= 4 is 0 Å². The molecule has 3 rings (SSSR count). The van der Waals surface area contributed by atoms with Crippen molar-refractivity contribution in [2.45, 2.75) is 12.5 Å². The maximum Gasteiger partial charge on any atom is 0.573 e. The average molecular weight is 426 g/mol. The average Bonchev–Trinajstić information content (AvgIpc) is 2.94. The van der Waals surface area contributed by atoms with E-state index >= 15 is 0 Å². The molecule has 13 heteroatoms. The quantitative estimate of drug-likeness (QED) is 0.571. The zero-order valence-corrected chi connectivity index (χ0v) is 13.6. The number of hydrogen-bond donors (Lipinski definition) is 0. The molecule has 0 saturated carbocycles. The first-order chi connectivity index (χ1) is 13.4. The van der Waals surface area contributed by atoms with Crippen LogP contribution < -0.4 is 10.5 Å². The Labute approximate surface area is 154 Å². The van der Waals surface area contributed by atoms with Gasteiger partial charge in [-0.2, -0.15) is 17.9 Å². The normalized spacial score (nSPS) is 12.3. The lowest BCUT2D eigenvalue weighted by atomic mass is 10.1. The summed E-state index contributed by atoms with van der Waals surface area (Å²) in [4.78, 5) is 11.9. The standard InChI is InChI=1S/C16H6F8N2O3/c17-9-2-1-3-10(18)12(9)13-25-26(14(27)28-13)7-4-5-11(29-16(22,23)24)8(6-7)15(19,20)21/h1-6H. The van der Waals surface area contributed by atoms with Gasteiger partial charge < -0.3 is 9.15 Å². The Hall–Kier alpha value is -3.38. The fraction of sp³-hybridized carbons (Fsp3) is 0.125. The first-order valence-electron chi connectivity index (χ1n) is 7.39. The van der Waals surface area contributed by atoms with Crippen molar-refractivity contribution in [3.63, 3.8) is 0 Å². The molecule has 0 fully saturated rings. The Morgan fingerprint density at radius 2 is 1.59 bits per heavy atom. The molecule has 0 unspecified atom stereocenters. The molecule has 0 bridgehead atoms. The lowest BCUT2D eigenvalue weighted by Gasteiger charge is -2.16. The molecule has 0 radical (unpaired) electrons. The Balaban J connectivity index is 2.13. The van der Waals surface area contributed by atoms with E-state index < -0.39 is 58.4 Å². The molecular formula is C16H6F8N2O3. The second-order valence-electron chi connectivity index (χ2n) is 5.41. The van der Waals surface area contributed by atoms with Gasteiger partial charge in [-0.3, -0.25) is 0 Å². The van der Waals surface area contributed by atoms with E-state index in [0.717, 1.165) is 18.2 Å². The predicted molar refractivity (Wildman–Crippen MR) is 79.1 cm³/mol. The SMILES string of the molecule is O=c1oc(-c2c(F)cccc2F)nn1-c1ccc(OC(F)(F)F)c(C(F)(F)F)c1. The van der Waals surface area contributed by atoms with Gasteiger partial charge in [0.05, 0.1) is 11.3 Å². The van der Waals surface area contributed by atoms with Crippen molar-refractivity contribution in [3.05, 3.63) is 64.1 Å². The van der Waals surface area contributed by atoms with Crippen LogP contribution in [0.4, 0.5) is 35.1 Å². The summed E-state index contributed by atoms with van der Waals surface area (Å²) in [5.74, 6) is -6.20. The Bertz CT molecular complexity index is 1090. The Morgan fingerprint density at radius 1 is 0.966 bits per heavy atom. The van der Waals surface area contributed by atoms with Gasteiger partial charge in [-0.1, -0.05) is 6.07 Å². The van der Waals surface area contributed by atoms with E-state index in [1.165, 1.54) is 0 Å². The lowest BCUT2D eigenvalue weighted by molar-refractivity contribution is -0.276. The third-order valence-electron chi connectivity index (χ3n) is 3.46. The smallest absolute Gasteiger partial charge is 0.405 e. The molecule has 0 N–H and O–H groups in total. The summed E-state index contributed by atoms with van der Waals surface area (Å²) in [5.41, 5.74) is -3.39. The number of benzene rings is 2. The zero-order valence-electron chi connectivity index (χ0n) is 13.6. The van der Waals surface area contributed by atoms with Gasteiger partial charge in [-0.25, -0.2) is 13.6 Å². The molecule has 3 aromatic rings. The van der Waals surface area contributed by atoms with E-state index in [9.17, 15) is 39.9 Å². The molecule has 2 aromatic carbocycles. The molecule has 5 nitrogen and oxygen atoms in total. The van der Waals surface area contributed by atoms with Gasteiger partial charge in [0.2, 0.25) is 0 Å². The highest BCUT2D eigenvalue weighted by molar-refractivity contribution is 5.55. The molecule has 29 heavy (non-hydrogen) atoms. The minimum Gasteiger partial charge on any atom is -0.405 e. The number of ether oxygens (including phenoxy) is 1. The summed E-state index contributed by atoms with van der Waals surface area (Å²) < 4.78 is 112. The van der Waals surface area contributed by atoms with Gasteiger partial charge in [0.15, 0.2) is 0 Å². The highest BCUT2D eigenvalue weighted by atomic mass is 19.4.